The highest BCUT2D eigenvalue weighted by atomic mass is 35.5. The molecule has 0 saturated heterocycles. The number of carbonyl (C=O) groups excluding carboxylic acids is 1. The highest BCUT2D eigenvalue weighted by molar-refractivity contribution is 6.38. The van der Waals surface area contributed by atoms with E-state index < -0.39 is 12.8 Å². The summed E-state index contributed by atoms with van der Waals surface area (Å²) in [6.07, 6.45) is -4.03. The molecule has 0 saturated carbocycles. The van der Waals surface area contributed by atoms with Gasteiger partial charge in [0.05, 0.1) is 15.6 Å². The molecule has 0 radical (unpaired) electrons. The van der Waals surface area contributed by atoms with Crippen LogP contribution >= 0.6 is 23.2 Å². The summed E-state index contributed by atoms with van der Waals surface area (Å²) < 4.78 is 39.9. The fraction of sp³-hybridized carbons (Fsp3) is 0.222. The molecule has 0 unspecified atom stereocenters. The molecule has 7 heteroatoms. The van der Waals surface area contributed by atoms with Crippen LogP contribution in [0, 0.1) is 0 Å². The van der Waals surface area contributed by atoms with Crippen LogP contribution in [0.3, 0.4) is 0 Å². The van der Waals surface area contributed by atoms with E-state index in [0.29, 0.717) is 6.29 Å². The summed E-state index contributed by atoms with van der Waals surface area (Å²) in [5.41, 5.74) is 0.0164. The molecule has 16 heavy (non-hydrogen) atoms. The first-order chi connectivity index (χ1) is 7.33. The summed E-state index contributed by atoms with van der Waals surface area (Å²) in [7, 11) is 0. The Balaban J connectivity index is 2.88. The van der Waals surface area contributed by atoms with Gasteiger partial charge in [0, 0.05) is 0 Å². The lowest BCUT2D eigenvalue weighted by Crippen LogP contribution is -2.19. The average Bonchev–Trinajstić information content (AvgIpc) is 2.13. The second kappa shape index (κ2) is 4.93. The van der Waals surface area contributed by atoms with Gasteiger partial charge in [-0.15, -0.1) is 0 Å². The van der Waals surface area contributed by atoms with Gasteiger partial charge in [0.15, 0.2) is 12.9 Å². The summed E-state index contributed by atoms with van der Waals surface area (Å²) in [5.74, 6) is -0.141. The van der Waals surface area contributed by atoms with Gasteiger partial charge >= 0.3 is 6.18 Å². The largest absolute Gasteiger partial charge is 0.484 e. The van der Waals surface area contributed by atoms with Crippen LogP contribution in [0.4, 0.5) is 13.2 Å². The molecular weight excluding hydrogens is 268 g/mol. The van der Waals surface area contributed by atoms with Crippen molar-refractivity contribution in [3.05, 3.63) is 27.7 Å². The normalized spacial score (nSPS) is 11.3. The first-order valence-electron chi connectivity index (χ1n) is 3.97. The van der Waals surface area contributed by atoms with Gasteiger partial charge in [-0.05, 0) is 12.1 Å². The fourth-order valence-corrected chi connectivity index (χ4v) is 1.48. The van der Waals surface area contributed by atoms with E-state index in [1.54, 1.807) is 0 Å². The van der Waals surface area contributed by atoms with Crippen LogP contribution in [0.1, 0.15) is 10.4 Å². The first kappa shape index (κ1) is 13.1. The molecule has 88 valence electrons. The second-order valence-electron chi connectivity index (χ2n) is 2.82. The molecule has 0 spiro atoms. The Morgan fingerprint density at radius 3 is 2.12 bits per heavy atom. The summed E-state index contributed by atoms with van der Waals surface area (Å²) in [6.45, 7) is -1.44. The van der Waals surface area contributed by atoms with Crippen LogP contribution < -0.4 is 4.74 Å². The SMILES string of the molecule is O=Cc1c(Cl)cc(OCC(F)(F)F)cc1Cl. The molecule has 1 rings (SSSR count). The molecule has 0 bridgehead atoms. The first-order valence-corrected chi connectivity index (χ1v) is 4.73. The van der Waals surface area contributed by atoms with Gasteiger partial charge in [-0.3, -0.25) is 4.79 Å². The Hall–Kier alpha value is -0.940. The van der Waals surface area contributed by atoms with Crippen LogP contribution in [-0.2, 0) is 0 Å². The van der Waals surface area contributed by atoms with Crippen LogP contribution in [0.15, 0.2) is 12.1 Å². The van der Waals surface area contributed by atoms with E-state index in [0.717, 1.165) is 12.1 Å². The average molecular weight is 273 g/mol. The van der Waals surface area contributed by atoms with Crippen molar-refractivity contribution in [2.75, 3.05) is 6.61 Å². The zero-order chi connectivity index (χ0) is 12.3. The molecule has 1 aromatic rings. The van der Waals surface area contributed by atoms with Crippen molar-refractivity contribution in [3.8, 4) is 5.75 Å². The number of carbonyl (C=O) groups is 1. The quantitative estimate of drug-likeness (QED) is 0.784. The van der Waals surface area contributed by atoms with Gasteiger partial charge < -0.3 is 4.74 Å². The molecule has 0 amide bonds. The Kier molecular flexibility index (Phi) is 4.04. The highest BCUT2D eigenvalue weighted by Crippen LogP contribution is 2.29. The Labute approximate surface area is 98.9 Å². The van der Waals surface area contributed by atoms with Crippen molar-refractivity contribution in [2.24, 2.45) is 0 Å². The van der Waals surface area contributed by atoms with Crippen molar-refractivity contribution in [1.82, 2.24) is 0 Å². The van der Waals surface area contributed by atoms with Crippen molar-refractivity contribution in [3.63, 3.8) is 0 Å². The molecule has 0 aromatic heterocycles. The Bertz CT molecular complexity index is 381. The van der Waals surface area contributed by atoms with Crippen LogP contribution in [0.2, 0.25) is 10.0 Å². The number of rotatable bonds is 3. The maximum Gasteiger partial charge on any atom is 0.422 e. The zero-order valence-electron chi connectivity index (χ0n) is 7.65. The summed E-state index contributed by atoms with van der Waals surface area (Å²) >= 11 is 11.2. The molecular formula is C9H5Cl2F3O2. The number of ether oxygens (including phenoxy) is 1. The zero-order valence-corrected chi connectivity index (χ0v) is 9.16. The van der Waals surface area contributed by atoms with Crippen LogP contribution in [0.5, 0.6) is 5.75 Å². The van der Waals surface area contributed by atoms with E-state index in [2.05, 4.69) is 4.74 Å². The Morgan fingerprint density at radius 1 is 1.25 bits per heavy atom. The summed E-state index contributed by atoms with van der Waals surface area (Å²) in [5, 5.41) is -0.112. The Morgan fingerprint density at radius 2 is 1.75 bits per heavy atom. The topological polar surface area (TPSA) is 26.3 Å². The molecule has 0 aliphatic carbocycles. The van der Waals surface area contributed by atoms with Gasteiger partial charge in [-0.2, -0.15) is 13.2 Å². The molecule has 0 heterocycles. The summed E-state index contributed by atoms with van der Waals surface area (Å²) in [6, 6.07) is 2.20. The van der Waals surface area contributed by atoms with Crippen molar-refractivity contribution in [1.29, 1.82) is 0 Å². The minimum Gasteiger partial charge on any atom is -0.484 e. The van der Waals surface area contributed by atoms with Crippen molar-refractivity contribution >= 4 is 29.5 Å². The molecule has 0 atom stereocenters. The van der Waals surface area contributed by atoms with E-state index >= 15 is 0 Å². The van der Waals surface area contributed by atoms with E-state index in [9.17, 15) is 18.0 Å². The monoisotopic (exact) mass is 272 g/mol. The van der Waals surface area contributed by atoms with Gasteiger partial charge in [0.2, 0.25) is 0 Å². The fourth-order valence-electron chi connectivity index (χ4n) is 0.922. The molecule has 0 N–H and O–H groups in total. The van der Waals surface area contributed by atoms with E-state index in [4.69, 9.17) is 23.2 Å². The molecule has 0 aliphatic rings. The number of alkyl halides is 3. The molecule has 0 fully saturated rings. The number of hydrogen-bond donors (Lipinski definition) is 0. The number of aldehydes is 1. The summed E-state index contributed by atoms with van der Waals surface area (Å²) in [4.78, 5) is 10.5. The number of hydrogen-bond acceptors (Lipinski definition) is 2. The maximum atomic E-state index is 11.8. The smallest absolute Gasteiger partial charge is 0.422 e. The van der Waals surface area contributed by atoms with Crippen molar-refractivity contribution in [2.45, 2.75) is 6.18 Å². The number of halogens is 5. The molecule has 1 aromatic carbocycles. The van der Waals surface area contributed by atoms with E-state index in [1.165, 1.54) is 0 Å². The third kappa shape index (κ3) is 3.57. The molecule has 2 nitrogen and oxygen atoms in total. The van der Waals surface area contributed by atoms with Crippen LogP contribution in [0.25, 0.3) is 0 Å². The lowest BCUT2D eigenvalue weighted by molar-refractivity contribution is -0.153. The third-order valence-electron chi connectivity index (χ3n) is 1.57. The lowest BCUT2D eigenvalue weighted by atomic mass is 10.2. The minimum absolute atomic E-state index is 0.0164. The van der Waals surface area contributed by atoms with Gasteiger partial charge in [0.1, 0.15) is 5.75 Å². The maximum absolute atomic E-state index is 11.8. The van der Waals surface area contributed by atoms with Gasteiger partial charge in [-0.1, -0.05) is 23.2 Å². The van der Waals surface area contributed by atoms with E-state index in [1.807, 2.05) is 0 Å². The van der Waals surface area contributed by atoms with Crippen LogP contribution in [-0.4, -0.2) is 19.1 Å². The predicted octanol–water partition coefficient (Wildman–Crippen LogP) is 3.75. The van der Waals surface area contributed by atoms with Gasteiger partial charge in [-0.25, -0.2) is 0 Å². The van der Waals surface area contributed by atoms with E-state index in [-0.39, 0.29) is 21.4 Å². The standard InChI is InChI=1S/C9H5Cl2F3O2/c10-7-1-5(16-4-9(12,13)14)2-8(11)6(7)3-15/h1-3H,4H2. The molecule has 0 aliphatic heterocycles. The number of benzene rings is 1. The lowest BCUT2D eigenvalue weighted by Gasteiger charge is -2.10. The minimum atomic E-state index is -4.44. The predicted molar refractivity (Wildman–Crippen MR) is 53.4 cm³/mol. The van der Waals surface area contributed by atoms with Crippen molar-refractivity contribution < 1.29 is 22.7 Å². The highest BCUT2D eigenvalue weighted by Gasteiger charge is 2.28. The second-order valence-corrected chi connectivity index (χ2v) is 3.64. The third-order valence-corrected chi connectivity index (χ3v) is 2.20. The van der Waals surface area contributed by atoms with Gasteiger partial charge in [0.25, 0.3) is 0 Å².